The van der Waals surface area contributed by atoms with Gasteiger partial charge in [-0.3, -0.25) is 19.3 Å². The maximum Gasteiger partial charge on any atom is 0.320 e. The van der Waals surface area contributed by atoms with E-state index in [9.17, 15) is 19.5 Å². The van der Waals surface area contributed by atoms with Crippen molar-refractivity contribution >= 4 is 35.2 Å². The van der Waals surface area contributed by atoms with Gasteiger partial charge in [-0.15, -0.1) is 0 Å². The molecule has 3 rings (SSSR count). The first-order chi connectivity index (χ1) is 13.0. The lowest BCUT2D eigenvalue weighted by Crippen LogP contribution is -2.44. The van der Waals surface area contributed by atoms with Gasteiger partial charge >= 0.3 is 5.97 Å². The summed E-state index contributed by atoms with van der Waals surface area (Å²) in [5.41, 5.74) is 1.11. The second-order valence-corrected chi connectivity index (χ2v) is 8.18. The fourth-order valence-electron chi connectivity index (χ4n) is 3.18. The Morgan fingerprint density at radius 3 is 2.63 bits per heavy atom. The molecule has 1 aliphatic carbocycles. The van der Waals surface area contributed by atoms with Crippen LogP contribution in [0.1, 0.15) is 30.1 Å². The fraction of sp³-hybridized carbons (Fsp3) is 0.526. The number of hydrogen-bond acceptors (Lipinski definition) is 5. The van der Waals surface area contributed by atoms with E-state index in [0.29, 0.717) is 11.3 Å². The Labute approximate surface area is 163 Å². The zero-order chi connectivity index (χ0) is 19.4. The van der Waals surface area contributed by atoms with Crippen LogP contribution in [0.4, 0.5) is 5.69 Å². The molecular formula is C19H25N3O4S. The number of carbonyl (C=O) groups excluding carboxylic acids is 2. The molecule has 1 saturated heterocycles. The van der Waals surface area contributed by atoms with Gasteiger partial charge in [0.2, 0.25) is 5.91 Å². The van der Waals surface area contributed by atoms with Gasteiger partial charge in [0.1, 0.15) is 6.04 Å². The lowest BCUT2D eigenvalue weighted by molar-refractivity contribution is -0.143. The number of thioether (sulfide) groups is 1. The highest BCUT2D eigenvalue weighted by atomic mass is 32.2. The largest absolute Gasteiger partial charge is 0.480 e. The molecule has 27 heavy (non-hydrogen) atoms. The van der Waals surface area contributed by atoms with Gasteiger partial charge in [-0.2, -0.15) is 11.8 Å². The van der Waals surface area contributed by atoms with E-state index in [-0.39, 0.29) is 24.4 Å². The van der Waals surface area contributed by atoms with E-state index in [1.54, 1.807) is 36.1 Å². The predicted molar refractivity (Wildman–Crippen MR) is 105 cm³/mol. The Hall–Kier alpha value is -2.06. The number of nitrogens with one attached hydrogen (secondary N) is 1. The molecule has 1 unspecified atom stereocenters. The SMILES string of the molecule is CC(C(=O)O)N(CC(=O)Nc1cccc(C(=O)N2CCSCC2)c1)C1CC1. The molecule has 146 valence electrons. The number of amides is 2. The van der Waals surface area contributed by atoms with Gasteiger partial charge in [-0.25, -0.2) is 0 Å². The number of nitrogens with zero attached hydrogens (tertiary/aromatic N) is 2. The molecule has 8 heteroatoms. The van der Waals surface area contributed by atoms with E-state index in [2.05, 4.69) is 5.32 Å². The maximum atomic E-state index is 12.6. The molecule has 2 aliphatic rings. The highest BCUT2D eigenvalue weighted by molar-refractivity contribution is 7.99. The average Bonchev–Trinajstić information content (AvgIpc) is 3.51. The Kier molecular flexibility index (Phi) is 6.38. The average molecular weight is 391 g/mol. The Morgan fingerprint density at radius 2 is 2.00 bits per heavy atom. The molecule has 0 radical (unpaired) electrons. The van der Waals surface area contributed by atoms with Crippen molar-refractivity contribution in [1.82, 2.24) is 9.80 Å². The highest BCUT2D eigenvalue weighted by Crippen LogP contribution is 2.28. The first-order valence-corrected chi connectivity index (χ1v) is 10.4. The molecule has 2 amide bonds. The Morgan fingerprint density at radius 1 is 1.30 bits per heavy atom. The summed E-state index contributed by atoms with van der Waals surface area (Å²) >= 11 is 1.84. The van der Waals surface area contributed by atoms with Crippen LogP contribution in [-0.4, -0.2) is 75.9 Å². The molecule has 0 spiro atoms. The van der Waals surface area contributed by atoms with Crippen molar-refractivity contribution in [1.29, 1.82) is 0 Å². The topological polar surface area (TPSA) is 90.0 Å². The van der Waals surface area contributed by atoms with Crippen molar-refractivity contribution in [3.63, 3.8) is 0 Å². The molecule has 0 bridgehead atoms. The van der Waals surface area contributed by atoms with Crippen molar-refractivity contribution in [2.45, 2.75) is 31.8 Å². The van der Waals surface area contributed by atoms with Gasteiger partial charge in [0, 0.05) is 41.9 Å². The monoisotopic (exact) mass is 391 g/mol. The number of benzene rings is 1. The van der Waals surface area contributed by atoms with Gasteiger partial charge in [0.15, 0.2) is 0 Å². The number of rotatable bonds is 7. The zero-order valence-electron chi connectivity index (χ0n) is 15.4. The lowest BCUT2D eigenvalue weighted by atomic mass is 10.1. The number of anilines is 1. The van der Waals surface area contributed by atoms with Gasteiger partial charge < -0.3 is 15.3 Å². The number of carboxylic acid groups (broad SMARTS) is 1. The minimum atomic E-state index is -0.929. The minimum Gasteiger partial charge on any atom is -0.480 e. The third-order valence-electron chi connectivity index (χ3n) is 4.89. The number of carboxylic acids is 1. The standard InChI is InChI=1S/C19H25N3O4S/c1-13(19(25)26)22(16-5-6-16)12-17(23)20-15-4-2-3-14(11-15)18(24)21-7-9-27-10-8-21/h2-4,11,13,16H,5-10,12H2,1H3,(H,20,23)(H,25,26). The second-order valence-electron chi connectivity index (χ2n) is 6.95. The quantitative estimate of drug-likeness (QED) is 0.736. The summed E-state index contributed by atoms with van der Waals surface area (Å²) in [6.45, 7) is 3.11. The van der Waals surface area contributed by atoms with Crippen LogP contribution in [0.15, 0.2) is 24.3 Å². The van der Waals surface area contributed by atoms with Gasteiger partial charge in [0.05, 0.1) is 6.54 Å². The van der Waals surface area contributed by atoms with E-state index in [1.807, 2.05) is 16.7 Å². The molecule has 0 aromatic heterocycles. The third-order valence-corrected chi connectivity index (χ3v) is 5.83. The van der Waals surface area contributed by atoms with E-state index in [0.717, 1.165) is 37.4 Å². The minimum absolute atomic E-state index is 0.0227. The molecule has 1 saturated carbocycles. The van der Waals surface area contributed by atoms with Crippen LogP contribution >= 0.6 is 11.8 Å². The molecule has 1 atom stereocenters. The van der Waals surface area contributed by atoms with Gasteiger partial charge in [-0.1, -0.05) is 6.07 Å². The molecule has 1 aromatic carbocycles. The number of carbonyl (C=O) groups is 3. The maximum absolute atomic E-state index is 12.6. The first kappa shape index (κ1) is 19.7. The molecular weight excluding hydrogens is 366 g/mol. The fourth-order valence-corrected chi connectivity index (χ4v) is 4.08. The molecule has 2 N–H and O–H groups in total. The summed E-state index contributed by atoms with van der Waals surface area (Å²) in [7, 11) is 0. The molecule has 1 aliphatic heterocycles. The van der Waals surface area contributed by atoms with E-state index < -0.39 is 12.0 Å². The van der Waals surface area contributed by atoms with Crippen molar-refractivity contribution in [2.75, 3.05) is 36.5 Å². The normalized spacial score (nSPS) is 18.2. The van der Waals surface area contributed by atoms with Crippen LogP contribution in [0.5, 0.6) is 0 Å². The summed E-state index contributed by atoms with van der Waals surface area (Å²) in [4.78, 5) is 39.8. The van der Waals surface area contributed by atoms with E-state index in [4.69, 9.17) is 0 Å². The molecule has 7 nitrogen and oxygen atoms in total. The summed E-state index contributed by atoms with van der Waals surface area (Å²) in [5.74, 6) is 0.670. The summed E-state index contributed by atoms with van der Waals surface area (Å²) in [6, 6.07) is 6.38. The van der Waals surface area contributed by atoms with Crippen LogP contribution in [0.3, 0.4) is 0 Å². The van der Waals surface area contributed by atoms with E-state index >= 15 is 0 Å². The second kappa shape index (κ2) is 8.75. The lowest BCUT2D eigenvalue weighted by Gasteiger charge is -2.26. The van der Waals surface area contributed by atoms with Crippen LogP contribution in [-0.2, 0) is 9.59 Å². The zero-order valence-corrected chi connectivity index (χ0v) is 16.2. The van der Waals surface area contributed by atoms with Crippen molar-refractivity contribution in [2.24, 2.45) is 0 Å². The smallest absolute Gasteiger partial charge is 0.320 e. The summed E-state index contributed by atoms with van der Waals surface area (Å²) < 4.78 is 0. The number of hydrogen-bond donors (Lipinski definition) is 2. The first-order valence-electron chi connectivity index (χ1n) is 9.21. The van der Waals surface area contributed by atoms with E-state index in [1.165, 1.54) is 0 Å². The predicted octanol–water partition coefficient (Wildman–Crippen LogP) is 1.75. The van der Waals surface area contributed by atoms with Gasteiger partial charge in [0.25, 0.3) is 5.91 Å². The molecule has 1 aromatic rings. The van der Waals surface area contributed by atoms with Crippen molar-refractivity contribution in [3.05, 3.63) is 29.8 Å². The molecule has 1 heterocycles. The Balaban J connectivity index is 1.62. The summed E-state index contributed by atoms with van der Waals surface area (Å²) in [6.07, 6.45) is 1.84. The summed E-state index contributed by atoms with van der Waals surface area (Å²) in [5, 5.41) is 12.0. The van der Waals surface area contributed by atoms with Crippen LogP contribution in [0.2, 0.25) is 0 Å². The number of aliphatic carboxylic acids is 1. The Bertz CT molecular complexity index is 717. The van der Waals surface area contributed by atoms with Gasteiger partial charge in [-0.05, 0) is 38.0 Å². The van der Waals surface area contributed by atoms with Crippen molar-refractivity contribution in [3.8, 4) is 0 Å². The van der Waals surface area contributed by atoms with Crippen LogP contribution in [0.25, 0.3) is 0 Å². The highest BCUT2D eigenvalue weighted by Gasteiger charge is 2.36. The molecule has 2 fully saturated rings. The van der Waals surface area contributed by atoms with Crippen molar-refractivity contribution < 1.29 is 19.5 Å². The van der Waals surface area contributed by atoms with Crippen LogP contribution < -0.4 is 5.32 Å². The van der Waals surface area contributed by atoms with Crippen LogP contribution in [0, 0.1) is 0 Å². The third kappa shape index (κ3) is 5.23.